The van der Waals surface area contributed by atoms with E-state index in [0.29, 0.717) is 49.9 Å². The molecule has 1 aromatic heterocycles. The fourth-order valence-corrected chi connectivity index (χ4v) is 12.2. The first-order valence-corrected chi connectivity index (χ1v) is 27.3. The van der Waals surface area contributed by atoms with Crippen molar-refractivity contribution in [3.8, 4) is 0 Å². The van der Waals surface area contributed by atoms with Crippen LogP contribution in [0.5, 0.6) is 0 Å². The number of nitrogens with zero attached hydrogens (tertiary/aromatic N) is 3. The van der Waals surface area contributed by atoms with Crippen LogP contribution in [0.3, 0.4) is 0 Å². The number of fused-ring (bicyclic) bond motifs is 3. The number of carbonyl (C=O) groups excluding carboxylic acids is 3. The third-order valence-corrected chi connectivity index (χ3v) is 16.8. The first-order valence-electron chi connectivity index (χ1n) is 27.3. The Bertz CT molecular complexity index is 2410. The van der Waals surface area contributed by atoms with Crippen molar-refractivity contribution in [2.45, 2.75) is 200 Å². The largest absolute Gasteiger partial charge is 0.477 e. The van der Waals surface area contributed by atoms with Gasteiger partial charge in [0.05, 0.1) is 54.2 Å². The number of cyclic esters (lactones) is 1. The highest BCUT2D eigenvalue weighted by molar-refractivity contribution is 5.92. The van der Waals surface area contributed by atoms with E-state index in [9.17, 15) is 44.4 Å². The first-order chi connectivity index (χ1) is 35.5. The second-order valence-corrected chi connectivity index (χ2v) is 23.5. The van der Waals surface area contributed by atoms with Crippen LogP contribution in [0.4, 0.5) is 4.79 Å². The normalized spacial score (nSPS) is 36.5. The summed E-state index contributed by atoms with van der Waals surface area (Å²) >= 11 is 0. The average Bonchev–Trinajstić information content (AvgIpc) is 3.76. The quantitative estimate of drug-likeness (QED) is 0.142. The van der Waals surface area contributed by atoms with Crippen LogP contribution in [-0.2, 0) is 55.7 Å². The van der Waals surface area contributed by atoms with Crippen LogP contribution in [0.1, 0.15) is 124 Å². The Labute approximate surface area is 448 Å². The van der Waals surface area contributed by atoms with Gasteiger partial charge in [0.15, 0.2) is 12.6 Å². The number of aromatic nitrogens is 1. The predicted octanol–water partition coefficient (Wildman–Crippen LogP) is 4.76. The third kappa shape index (κ3) is 13.5. The Kier molecular flexibility index (Phi) is 20.0. The number of aliphatic hydroxyl groups excluding tert-OH is 2. The molecule has 4 saturated heterocycles. The molecule has 428 valence electrons. The van der Waals surface area contributed by atoms with Crippen molar-refractivity contribution >= 4 is 34.7 Å². The number of hydrogen-bond acceptors (Lipinski definition) is 17. The summed E-state index contributed by atoms with van der Waals surface area (Å²) in [5.41, 5.74) is -3.07. The number of aromatic carboxylic acids is 1. The number of pyridine rings is 1. The van der Waals surface area contributed by atoms with E-state index in [1.165, 1.54) is 13.1 Å². The number of alkyl carbamates (subject to hydrolysis) is 1. The number of aliphatic hydroxyl groups is 3. The molecule has 2 aromatic rings. The number of likely N-dealkylation sites (N-methyl/N-ethyl adjacent to an activating group) is 2. The van der Waals surface area contributed by atoms with Gasteiger partial charge in [-0.25, -0.2) is 9.59 Å². The van der Waals surface area contributed by atoms with E-state index in [4.69, 9.17) is 33.2 Å². The molecule has 1 amide bonds. The summed E-state index contributed by atoms with van der Waals surface area (Å²) in [7, 11) is 5.70. The molecule has 4 aliphatic heterocycles. The van der Waals surface area contributed by atoms with Crippen LogP contribution in [0, 0.1) is 29.1 Å². The molecule has 5 N–H and O–H groups in total. The maximum atomic E-state index is 14.5. The molecule has 1 aromatic carbocycles. The maximum Gasteiger partial charge on any atom is 0.407 e. The molecule has 5 heterocycles. The molecule has 4 fully saturated rings. The Balaban J connectivity index is 1.15. The van der Waals surface area contributed by atoms with Crippen molar-refractivity contribution in [3.63, 3.8) is 0 Å². The average molecular weight is 1070 g/mol. The van der Waals surface area contributed by atoms with Gasteiger partial charge in [0.2, 0.25) is 5.43 Å². The van der Waals surface area contributed by atoms with E-state index < -0.39 is 119 Å². The van der Waals surface area contributed by atoms with Crippen LogP contribution in [0.2, 0.25) is 0 Å². The van der Waals surface area contributed by atoms with Gasteiger partial charge in [-0.05, 0) is 119 Å². The molecule has 0 spiro atoms. The molecule has 0 saturated carbocycles. The molecule has 17 atom stereocenters. The Morgan fingerprint density at radius 1 is 0.921 bits per heavy atom. The van der Waals surface area contributed by atoms with Gasteiger partial charge in [0.25, 0.3) is 0 Å². The number of rotatable bonds is 16. The molecule has 20 heteroatoms. The van der Waals surface area contributed by atoms with E-state index in [1.807, 2.05) is 79.7 Å². The molecular formula is C56H88N4O16. The molecule has 0 radical (unpaired) electrons. The van der Waals surface area contributed by atoms with E-state index in [1.54, 1.807) is 38.3 Å². The minimum atomic E-state index is -2.00. The SMILES string of the molecule is CC[C@H]1OC(=O)[C@H](C)[C@@H](O[C@H]2CC(C)(C)[C@@H](OC(=O)NCCN(C)CCCc3ccc4c(c3)c(=O)c(C(=O)O)cn4CC)[C@H](C)O2)[C@H](C)[C@@H](O[C@@H]2O[C@H](C)C[C@H](N(C)C)[C@H]2O)[C@@]2(C)C[C@@H](CO2)C(=O)[C@H](C)[C@@H](O)[C@]1(C)O. The van der Waals surface area contributed by atoms with Crippen LogP contribution < -0.4 is 10.7 Å². The van der Waals surface area contributed by atoms with Crippen molar-refractivity contribution in [1.29, 1.82) is 0 Å². The van der Waals surface area contributed by atoms with E-state index in [0.717, 1.165) is 12.0 Å². The number of amides is 1. The second kappa shape index (κ2) is 24.9. The number of carbonyl (C=O) groups is 4. The summed E-state index contributed by atoms with van der Waals surface area (Å²) < 4.78 is 47.2. The van der Waals surface area contributed by atoms with Gasteiger partial charge in [-0.2, -0.15) is 0 Å². The summed E-state index contributed by atoms with van der Waals surface area (Å²) in [6, 6.07) is 5.28. The topological polar surface area (TPSA) is 254 Å². The lowest BCUT2D eigenvalue weighted by Crippen LogP contribution is -2.60. The standard InChI is InChI=1S/C56H88N4O16/c1-15-41-56(11,69)47(64)31(4)43(61)36-26-55(10,70-29-36)48(75-52-45(63)40(58(12)13)24-30(3)71-52)32(5)46(33(6)51(67)73-41)74-42-27-54(8,9)49(34(7)72-42)76-53(68)57-21-23-59(14)22-17-18-35-19-20-39-37(25-35)44(62)38(50(65)66)28-60(39)16-2/h19-20,25,28,30-34,36,40-42,45-49,52,63-64,69H,15-18,21-24,26-27,29H2,1-14H3,(H,57,68)(H,65,66)/t30-,31+,32+,33-,34+,36+,40+,41-,42+,45-,46+,47-,48-,49+,52+,55-,56-/m1/s1. The maximum absolute atomic E-state index is 14.5. The lowest BCUT2D eigenvalue weighted by molar-refractivity contribution is -0.311. The molecule has 2 bridgehead atoms. The lowest BCUT2D eigenvalue weighted by Gasteiger charge is -2.49. The smallest absolute Gasteiger partial charge is 0.407 e. The van der Waals surface area contributed by atoms with Crippen molar-refractivity contribution < 1.29 is 72.8 Å². The number of carboxylic acid groups (broad SMARTS) is 1. The van der Waals surface area contributed by atoms with Gasteiger partial charge in [0, 0.05) is 66.8 Å². The second-order valence-electron chi connectivity index (χ2n) is 23.5. The highest BCUT2D eigenvalue weighted by atomic mass is 16.7. The van der Waals surface area contributed by atoms with E-state index >= 15 is 0 Å². The predicted molar refractivity (Wildman–Crippen MR) is 282 cm³/mol. The highest BCUT2D eigenvalue weighted by Gasteiger charge is 2.56. The molecule has 76 heavy (non-hydrogen) atoms. The molecule has 6 rings (SSSR count). The number of nitrogens with one attached hydrogen (secondary N) is 1. The molecule has 0 aliphatic carbocycles. The monoisotopic (exact) mass is 1070 g/mol. The van der Waals surface area contributed by atoms with Gasteiger partial charge < -0.3 is 73.3 Å². The summed E-state index contributed by atoms with van der Waals surface area (Å²) in [6.45, 7) is 21.5. The Hall–Kier alpha value is -4.09. The summed E-state index contributed by atoms with van der Waals surface area (Å²) in [5, 5.41) is 48.0. The van der Waals surface area contributed by atoms with Crippen LogP contribution in [0.25, 0.3) is 10.9 Å². The molecular weight excluding hydrogens is 985 g/mol. The van der Waals surface area contributed by atoms with Crippen molar-refractivity contribution in [2.24, 2.45) is 29.1 Å². The van der Waals surface area contributed by atoms with Crippen molar-refractivity contribution in [2.75, 3.05) is 47.4 Å². The number of Topliss-reactive ketones (excluding diaryl/α,β-unsaturated/α-hetero) is 1. The fourth-order valence-electron chi connectivity index (χ4n) is 12.2. The molecule has 20 nitrogen and oxygen atoms in total. The van der Waals surface area contributed by atoms with Crippen molar-refractivity contribution in [1.82, 2.24) is 19.7 Å². The van der Waals surface area contributed by atoms with Gasteiger partial charge in [0.1, 0.15) is 35.3 Å². The van der Waals surface area contributed by atoms with Gasteiger partial charge >= 0.3 is 18.0 Å². The van der Waals surface area contributed by atoms with Crippen molar-refractivity contribution in [3.05, 3.63) is 45.7 Å². The van der Waals surface area contributed by atoms with Gasteiger partial charge in [-0.15, -0.1) is 0 Å². The zero-order valence-corrected chi connectivity index (χ0v) is 47.3. The van der Waals surface area contributed by atoms with Crippen LogP contribution in [0.15, 0.2) is 29.2 Å². The Morgan fingerprint density at radius 3 is 2.25 bits per heavy atom. The van der Waals surface area contributed by atoms with E-state index in [2.05, 4.69) is 10.2 Å². The summed E-state index contributed by atoms with van der Waals surface area (Å²) in [5.74, 6) is -5.80. The number of carboxylic acids is 1. The third-order valence-electron chi connectivity index (χ3n) is 16.8. The highest BCUT2D eigenvalue weighted by Crippen LogP contribution is 2.45. The number of benzene rings is 1. The minimum absolute atomic E-state index is 0.000957. The number of ether oxygens (including phenoxy) is 7. The minimum Gasteiger partial charge on any atom is -0.477 e. The fraction of sp³-hybridized carbons (Fsp3) is 0.768. The van der Waals surface area contributed by atoms with Gasteiger partial charge in [-0.3, -0.25) is 14.4 Å². The number of esters is 1. The van der Waals surface area contributed by atoms with Crippen LogP contribution in [-0.4, -0.2) is 185 Å². The van der Waals surface area contributed by atoms with Gasteiger partial charge in [-0.1, -0.05) is 40.7 Å². The zero-order valence-electron chi connectivity index (χ0n) is 47.3. The van der Waals surface area contributed by atoms with E-state index in [-0.39, 0.29) is 49.4 Å². The summed E-state index contributed by atoms with van der Waals surface area (Å²) in [6.07, 6.45) is -6.34. The summed E-state index contributed by atoms with van der Waals surface area (Å²) in [4.78, 5) is 70.8. The molecule has 4 aliphatic rings. The lowest BCUT2D eigenvalue weighted by atomic mass is 9.75. The van der Waals surface area contributed by atoms with Crippen LogP contribution >= 0.6 is 0 Å². The number of hydrogen-bond donors (Lipinski definition) is 5. The number of ketones is 1. The Morgan fingerprint density at radius 2 is 1.62 bits per heavy atom. The first kappa shape index (κ1) is 61.1. The number of aryl methyl sites for hydroxylation is 2. The zero-order chi connectivity index (χ0) is 56.4. The molecule has 0 unspecified atom stereocenters.